The van der Waals surface area contributed by atoms with Crippen LogP contribution >= 0.6 is 0 Å². The van der Waals surface area contributed by atoms with Crippen molar-refractivity contribution in [3.05, 3.63) is 29.6 Å². The van der Waals surface area contributed by atoms with Gasteiger partial charge in [0.25, 0.3) is 0 Å². The van der Waals surface area contributed by atoms with E-state index in [4.69, 9.17) is 9.47 Å². The summed E-state index contributed by atoms with van der Waals surface area (Å²) in [7, 11) is 1.68. The van der Waals surface area contributed by atoms with Crippen LogP contribution < -0.4 is 4.74 Å². The molecule has 0 bridgehead atoms. The maximum atomic E-state index is 12.8. The zero-order chi connectivity index (χ0) is 12.2. The molecule has 0 spiro atoms. The molecule has 0 N–H and O–H groups in total. The maximum absolute atomic E-state index is 12.8. The fourth-order valence-electron chi connectivity index (χ4n) is 1.28. The van der Waals surface area contributed by atoms with E-state index in [1.165, 1.54) is 12.1 Å². The molecule has 2 nitrogen and oxygen atoms in total. The van der Waals surface area contributed by atoms with Crippen LogP contribution in [-0.4, -0.2) is 19.3 Å². The third kappa shape index (κ3) is 3.81. The van der Waals surface area contributed by atoms with Crippen LogP contribution in [0.4, 0.5) is 4.39 Å². The van der Waals surface area contributed by atoms with Crippen molar-refractivity contribution in [1.29, 1.82) is 0 Å². The lowest BCUT2D eigenvalue weighted by atomic mass is 10.1. The van der Waals surface area contributed by atoms with Crippen LogP contribution in [0.15, 0.2) is 18.2 Å². The fraction of sp³-hybridized carbons (Fsp3) is 0.538. The molecule has 1 aromatic rings. The second kappa shape index (κ2) is 5.30. The first kappa shape index (κ1) is 13.0. The van der Waals surface area contributed by atoms with Gasteiger partial charge in [-0.3, -0.25) is 0 Å². The highest BCUT2D eigenvalue weighted by Gasteiger charge is 2.16. The summed E-state index contributed by atoms with van der Waals surface area (Å²) in [5.74, 6) is 0.496. The van der Waals surface area contributed by atoms with E-state index in [2.05, 4.69) is 0 Å². The molecule has 0 amide bonds. The first-order chi connectivity index (χ1) is 7.44. The number of rotatable bonds is 5. The Kier molecular flexibility index (Phi) is 4.30. The average molecular weight is 226 g/mol. The van der Waals surface area contributed by atoms with E-state index in [1.54, 1.807) is 13.2 Å². The summed E-state index contributed by atoms with van der Waals surface area (Å²) in [6.45, 7) is 6.41. The highest BCUT2D eigenvalue weighted by molar-refractivity contribution is 5.32. The predicted molar refractivity (Wildman–Crippen MR) is 62.3 cm³/mol. The standard InChI is InChI=1S/C13H19FO2/c1-10-9-11(14)5-6-12(10)16-8-7-13(2,3)15-4/h5-6,9H,7-8H2,1-4H3. The Morgan fingerprint density at radius 3 is 2.56 bits per heavy atom. The SMILES string of the molecule is COC(C)(C)CCOc1ccc(F)cc1C. The van der Waals surface area contributed by atoms with E-state index >= 15 is 0 Å². The van der Waals surface area contributed by atoms with Gasteiger partial charge >= 0.3 is 0 Å². The lowest BCUT2D eigenvalue weighted by molar-refractivity contribution is 0.00539. The molecule has 0 fully saturated rings. The van der Waals surface area contributed by atoms with Gasteiger partial charge in [0, 0.05) is 13.5 Å². The van der Waals surface area contributed by atoms with Crippen LogP contribution in [0.1, 0.15) is 25.8 Å². The van der Waals surface area contributed by atoms with Gasteiger partial charge in [0.15, 0.2) is 0 Å². The number of methoxy groups -OCH3 is 1. The Balaban J connectivity index is 2.49. The van der Waals surface area contributed by atoms with Gasteiger partial charge in [-0.1, -0.05) is 0 Å². The highest BCUT2D eigenvalue weighted by Crippen LogP contribution is 2.20. The Hall–Kier alpha value is -1.09. The zero-order valence-electron chi connectivity index (χ0n) is 10.3. The van der Waals surface area contributed by atoms with E-state index < -0.39 is 0 Å². The first-order valence-corrected chi connectivity index (χ1v) is 5.39. The van der Waals surface area contributed by atoms with E-state index in [0.29, 0.717) is 6.61 Å². The van der Waals surface area contributed by atoms with Gasteiger partial charge in [0.2, 0.25) is 0 Å². The molecule has 0 atom stereocenters. The van der Waals surface area contributed by atoms with Crippen molar-refractivity contribution in [1.82, 2.24) is 0 Å². The monoisotopic (exact) mass is 226 g/mol. The minimum atomic E-state index is -0.234. The van der Waals surface area contributed by atoms with Crippen LogP contribution in [0.2, 0.25) is 0 Å². The van der Waals surface area contributed by atoms with Crippen LogP contribution in [0.25, 0.3) is 0 Å². The number of benzene rings is 1. The summed E-state index contributed by atoms with van der Waals surface area (Å²) in [5, 5.41) is 0. The molecule has 0 unspecified atom stereocenters. The Labute approximate surface area is 96.4 Å². The maximum Gasteiger partial charge on any atom is 0.123 e. The van der Waals surface area contributed by atoms with Gasteiger partial charge in [-0.25, -0.2) is 4.39 Å². The molecule has 0 aliphatic heterocycles. The minimum Gasteiger partial charge on any atom is -0.493 e. The van der Waals surface area contributed by atoms with Crippen LogP contribution in [0, 0.1) is 12.7 Å². The molecule has 0 aliphatic carbocycles. The smallest absolute Gasteiger partial charge is 0.123 e. The van der Waals surface area contributed by atoms with Crippen molar-refractivity contribution in [2.75, 3.05) is 13.7 Å². The molecule has 0 heterocycles. The Morgan fingerprint density at radius 1 is 1.31 bits per heavy atom. The molecule has 0 aliphatic rings. The summed E-state index contributed by atoms with van der Waals surface area (Å²) in [6.07, 6.45) is 0.792. The molecule has 0 saturated heterocycles. The van der Waals surface area contributed by atoms with Crippen molar-refractivity contribution in [2.24, 2.45) is 0 Å². The summed E-state index contributed by atoms with van der Waals surface area (Å²) in [4.78, 5) is 0. The molecule has 0 radical (unpaired) electrons. The quantitative estimate of drug-likeness (QED) is 0.766. The van der Waals surface area contributed by atoms with Gasteiger partial charge in [-0.2, -0.15) is 0 Å². The normalized spacial score (nSPS) is 11.6. The third-order valence-corrected chi connectivity index (χ3v) is 2.65. The largest absolute Gasteiger partial charge is 0.493 e. The number of ether oxygens (including phenoxy) is 2. The van der Waals surface area contributed by atoms with Crippen LogP contribution in [-0.2, 0) is 4.74 Å². The third-order valence-electron chi connectivity index (χ3n) is 2.65. The Bertz CT molecular complexity index is 348. The molecule has 0 saturated carbocycles. The van der Waals surface area contributed by atoms with Gasteiger partial charge in [-0.05, 0) is 44.5 Å². The molecule has 0 aromatic heterocycles. The molecule has 90 valence electrons. The van der Waals surface area contributed by atoms with Crippen LogP contribution in [0.5, 0.6) is 5.75 Å². The summed E-state index contributed by atoms with van der Waals surface area (Å²) < 4.78 is 23.7. The second-order valence-corrected chi connectivity index (χ2v) is 4.47. The molecular formula is C13H19FO2. The summed E-state index contributed by atoms with van der Waals surface area (Å²) in [6, 6.07) is 4.53. The van der Waals surface area contributed by atoms with E-state index in [9.17, 15) is 4.39 Å². The van der Waals surface area contributed by atoms with Crippen LogP contribution in [0.3, 0.4) is 0 Å². The molecular weight excluding hydrogens is 207 g/mol. The van der Waals surface area contributed by atoms with E-state index in [0.717, 1.165) is 17.7 Å². The highest BCUT2D eigenvalue weighted by atomic mass is 19.1. The van der Waals surface area contributed by atoms with Gasteiger partial charge < -0.3 is 9.47 Å². The second-order valence-electron chi connectivity index (χ2n) is 4.47. The average Bonchev–Trinajstić information content (AvgIpc) is 2.21. The van der Waals surface area contributed by atoms with Gasteiger partial charge in [-0.15, -0.1) is 0 Å². The van der Waals surface area contributed by atoms with Gasteiger partial charge in [0.1, 0.15) is 11.6 Å². The molecule has 3 heteroatoms. The molecule has 16 heavy (non-hydrogen) atoms. The van der Waals surface area contributed by atoms with E-state index in [-0.39, 0.29) is 11.4 Å². The zero-order valence-corrected chi connectivity index (χ0v) is 10.3. The Morgan fingerprint density at radius 2 is 2.00 bits per heavy atom. The minimum absolute atomic E-state index is 0.187. The number of hydrogen-bond acceptors (Lipinski definition) is 2. The van der Waals surface area contributed by atoms with Crippen molar-refractivity contribution in [2.45, 2.75) is 32.8 Å². The number of aryl methyl sites for hydroxylation is 1. The predicted octanol–water partition coefficient (Wildman–Crippen LogP) is 3.33. The fourth-order valence-corrected chi connectivity index (χ4v) is 1.28. The van der Waals surface area contributed by atoms with Crippen molar-refractivity contribution in [3.63, 3.8) is 0 Å². The van der Waals surface area contributed by atoms with Crippen molar-refractivity contribution < 1.29 is 13.9 Å². The summed E-state index contributed by atoms with van der Waals surface area (Å²) in [5.41, 5.74) is 0.628. The molecule has 1 aromatic carbocycles. The molecule has 1 rings (SSSR count). The number of hydrogen-bond donors (Lipinski definition) is 0. The lowest BCUT2D eigenvalue weighted by Crippen LogP contribution is -2.25. The lowest BCUT2D eigenvalue weighted by Gasteiger charge is -2.22. The van der Waals surface area contributed by atoms with Crippen molar-refractivity contribution in [3.8, 4) is 5.75 Å². The first-order valence-electron chi connectivity index (χ1n) is 5.39. The van der Waals surface area contributed by atoms with E-state index in [1.807, 2.05) is 20.8 Å². The summed E-state index contributed by atoms with van der Waals surface area (Å²) >= 11 is 0. The van der Waals surface area contributed by atoms with Gasteiger partial charge in [0.05, 0.1) is 12.2 Å². The number of halogens is 1. The topological polar surface area (TPSA) is 18.5 Å². The van der Waals surface area contributed by atoms with Crippen molar-refractivity contribution >= 4 is 0 Å².